The van der Waals surface area contributed by atoms with E-state index in [0.29, 0.717) is 40.5 Å². The lowest BCUT2D eigenvalue weighted by atomic mass is 10.1. The molecule has 1 aliphatic rings. The number of nitrogens with zero attached hydrogens (tertiary/aromatic N) is 2. The summed E-state index contributed by atoms with van der Waals surface area (Å²) in [7, 11) is 0. The lowest BCUT2D eigenvalue weighted by Gasteiger charge is -2.03. The van der Waals surface area contributed by atoms with E-state index in [-0.39, 0.29) is 5.43 Å². The highest BCUT2D eigenvalue weighted by Gasteiger charge is 2.26. The van der Waals surface area contributed by atoms with Crippen molar-refractivity contribution in [1.82, 2.24) is 20.2 Å². The number of hydrogen-bond acceptors (Lipinski definition) is 5. The fourth-order valence-corrected chi connectivity index (χ4v) is 2.74. The number of esters is 1. The maximum Gasteiger partial charge on any atom is 0.339 e. The van der Waals surface area contributed by atoms with Gasteiger partial charge in [-0.2, -0.15) is 5.10 Å². The normalized spacial score (nSPS) is 14.0. The molecule has 0 amide bonds. The molecule has 0 atom stereocenters. The first-order valence-electron chi connectivity index (χ1n) is 7.92. The van der Waals surface area contributed by atoms with Gasteiger partial charge in [0.25, 0.3) is 0 Å². The Balaban J connectivity index is 1.74. The summed E-state index contributed by atoms with van der Waals surface area (Å²) in [4.78, 5) is 31.6. The number of pyridine rings is 2. The van der Waals surface area contributed by atoms with Gasteiger partial charge in [0, 0.05) is 18.0 Å². The summed E-state index contributed by atoms with van der Waals surface area (Å²) >= 11 is 0. The average molecular weight is 324 g/mol. The highest BCUT2D eigenvalue weighted by molar-refractivity contribution is 5.91. The predicted octanol–water partition coefficient (Wildman–Crippen LogP) is 2.37. The third-order valence-corrected chi connectivity index (χ3v) is 4.11. The summed E-state index contributed by atoms with van der Waals surface area (Å²) < 4.78 is 4.94. The molecule has 122 valence electrons. The number of carbonyl (C=O) groups is 1. The second-order valence-electron chi connectivity index (χ2n) is 5.84. The minimum Gasteiger partial charge on any atom is -0.462 e. The van der Waals surface area contributed by atoms with Crippen molar-refractivity contribution in [2.45, 2.75) is 25.7 Å². The van der Waals surface area contributed by atoms with Crippen LogP contribution in [0.2, 0.25) is 0 Å². The molecule has 3 heterocycles. The summed E-state index contributed by atoms with van der Waals surface area (Å²) in [5.74, 6) is 0.0298. The predicted molar refractivity (Wildman–Crippen MR) is 87.9 cm³/mol. The molecular weight excluding hydrogens is 308 g/mol. The minimum absolute atomic E-state index is 0.0781. The van der Waals surface area contributed by atoms with Crippen LogP contribution in [0.4, 0.5) is 0 Å². The van der Waals surface area contributed by atoms with Crippen LogP contribution < -0.4 is 5.43 Å². The van der Waals surface area contributed by atoms with E-state index >= 15 is 0 Å². The molecule has 0 aliphatic heterocycles. The molecule has 1 fully saturated rings. The van der Waals surface area contributed by atoms with Gasteiger partial charge in [-0.1, -0.05) is 0 Å². The third kappa shape index (κ3) is 2.47. The molecule has 3 aromatic rings. The molecule has 24 heavy (non-hydrogen) atoms. The first-order valence-corrected chi connectivity index (χ1v) is 7.92. The lowest BCUT2D eigenvalue weighted by molar-refractivity contribution is 0.0526. The first-order chi connectivity index (χ1) is 11.7. The topological polar surface area (TPSA) is 101 Å². The van der Waals surface area contributed by atoms with Gasteiger partial charge in [-0.3, -0.25) is 14.9 Å². The van der Waals surface area contributed by atoms with Crippen molar-refractivity contribution in [3.8, 4) is 11.4 Å². The number of hydrogen-bond donors (Lipinski definition) is 2. The van der Waals surface area contributed by atoms with Gasteiger partial charge < -0.3 is 9.72 Å². The molecule has 0 aromatic carbocycles. The van der Waals surface area contributed by atoms with Crippen molar-refractivity contribution < 1.29 is 9.53 Å². The van der Waals surface area contributed by atoms with Gasteiger partial charge in [0.1, 0.15) is 0 Å². The molecule has 2 N–H and O–H groups in total. The molecule has 1 aliphatic carbocycles. The van der Waals surface area contributed by atoms with Gasteiger partial charge >= 0.3 is 5.97 Å². The van der Waals surface area contributed by atoms with Crippen molar-refractivity contribution in [3.05, 3.63) is 45.9 Å². The number of aromatic nitrogens is 4. The molecule has 7 heteroatoms. The number of H-pyrrole nitrogens is 2. The van der Waals surface area contributed by atoms with Crippen LogP contribution in [-0.2, 0) is 4.74 Å². The standard InChI is InChI=1S/C17H16N4O3/c1-2-24-17(23)10-5-6-11(18-8-10)15-14-13(22)7-12(9-3-4-9)19-16(14)21-20-15/h5-9H,2-4H2,1H3,(H2,19,20,21,22). The molecule has 0 unspecified atom stereocenters. The molecule has 0 bridgehead atoms. The van der Waals surface area contributed by atoms with E-state index in [1.54, 1.807) is 25.1 Å². The first kappa shape index (κ1) is 14.6. The molecule has 4 rings (SSSR count). The Morgan fingerprint density at radius 1 is 1.38 bits per heavy atom. The SMILES string of the molecule is CCOC(=O)c1ccc(-c2[nH]nc3[nH]c(C4CC4)cc(=O)c23)nc1. The van der Waals surface area contributed by atoms with Gasteiger partial charge in [0.05, 0.1) is 28.9 Å². The Kier molecular flexibility index (Phi) is 3.41. The van der Waals surface area contributed by atoms with E-state index in [1.807, 2.05) is 0 Å². The highest BCUT2D eigenvalue weighted by Crippen LogP contribution is 2.39. The van der Waals surface area contributed by atoms with Crippen LogP contribution in [-0.4, -0.2) is 32.7 Å². The van der Waals surface area contributed by atoms with E-state index < -0.39 is 5.97 Å². The van der Waals surface area contributed by atoms with Gasteiger partial charge in [0.15, 0.2) is 11.1 Å². The number of ether oxygens (including phenoxy) is 1. The van der Waals surface area contributed by atoms with E-state index in [0.717, 1.165) is 18.5 Å². The number of nitrogens with one attached hydrogen (secondary N) is 2. The zero-order valence-electron chi connectivity index (χ0n) is 13.1. The van der Waals surface area contributed by atoms with E-state index in [9.17, 15) is 9.59 Å². The van der Waals surface area contributed by atoms with Crippen molar-refractivity contribution in [1.29, 1.82) is 0 Å². The minimum atomic E-state index is -0.419. The monoisotopic (exact) mass is 324 g/mol. The third-order valence-electron chi connectivity index (χ3n) is 4.11. The second-order valence-corrected chi connectivity index (χ2v) is 5.84. The number of carbonyl (C=O) groups excluding carboxylic acids is 1. The van der Waals surface area contributed by atoms with Crippen LogP contribution in [0.15, 0.2) is 29.2 Å². The van der Waals surface area contributed by atoms with Crippen LogP contribution in [0.3, 0.4) is 0 Å². The summed E-state index contributed by atoms with van der Waals surface area (Å²) in [5.41, 5.74) is 2.87. The second kappa shape index (κ2) is 5.59. The number of aromatic amines is 2. The van der Waals surface area contributed by atoms with Crippen LogP contribution >= 0.6 is 0 Å². The number of rotatable bonds is 4. The van der Waals surface area contributed by atoms with Gasteiger partial charge in [0.2, 0.25) is 0 Å². The Hall–Kier alpha value is -2.96. The van der Waals surface area contributed by atoms with Crippen LogP contribution in [0.1, 0.15) is 41.7 Å². The van der Waals surface area contributed by atoms with Crippen molar-refractivity contribution in [3.63, 3.8) is 0 Å². The van der Waals surface area contributed by atoms with Crippen molar-refractivity contribution in [2.24, 2.45) is 0 Å². The Labute approximate surface area is 137 Å². The summed E-state index contributed by atoms with van der Waals surface area (Å²) in [6.45, 7) is 2.06. The maximum absolute atomic E-state index is 12.5. The fraction of sp³-hybridized carbons (Fsp3) is 0.294. The molecule has 3 aromatic heterocycles. The molecular formula is C17H16N4O3. The van der Waals surface area contributed by atoms with Gasteiger partial charge in [-0.05, 0) is 37.8 Å². The molecule has 0 spiro atoms. The Bertz CT molecular complexity index is 968. The summed E-state index contributed by atoms with van der Waals surface area (Å²) in [6, 6.07) is 4.94. The lowest BCUT2D eigenvalue weighted by Crippen LogP contribution is -2.06. The molecule has 1 saturated carbocycles. The van der Waals surface area contributed by atoms with Crippen LogP contribution in [0, 0.1) is 0 Å². The van der Waals surface area contributed by atoms with Crippen LogP contribution in [0.25, 0.3) is 22.4 Å². The smallest absolute Gasteiger partial charge is 0.339 e. The van der Waals surface area contributed by atoms with Crippen molar-refractivity contribution >= 4 is 17.0 Å². The average Bonchev–Trinajstić information content (AvgIpc) is 3.35. The zero-order chi connectivity index (χ0) is 16.7. The molecule has 0 saturated heterocycles. The Morgan fingerprint density at radius 2 is 2.21 bits per heavy atom. The molecule has 0 radical (unpaired) electrons. The zero-order valence-corrected chi connectivity index (χ0v) is 13.1. The van der Waals surface area contributed by atoms with Crippen molar-refractivity contribution in [2.75, 3.05) is 6.61 Å². The quantitative estimate of drug-likeness (QED) is 0.718. The maximum atomic E-state index is 12.5. The summed E-state index contributed by atoms with van der Waals surface area (Å²) in [5, 5.41) is 7.56. The van der Waals surface area contributed by atoms with E-state index in [2.05, 4.69) is 20.2 Å². The van der Waals surface area contributed by atoms with Gasteiger partial charge in [-0.25, -0.2) is 4.79 Å². The van der Waals surface area contributed by atoms with E-state index in [4.69, 9.17) is 4.74 Å². The van der Waals surface area contributed by atoms with Gasteiger partial charge in [-0.15, -0.1) is 0 Å². The largest absolute Gasteiger partial charge is 0.462 e. The van der Waals surface area contributed by atoms with E-state index in [1.165, 1.54) is 6.20 Å². The summed E-state index contributed by atoms with van der Waals surface area (Å²) in [6.07, 6.45) is 3.65. The Morgan fingerprint density at radius 3 is 2.88 bits per heavy atom. The number of fused-ring (bicyclic) bond motifs is 1. The molecule has 7 nitrogen and oxygen atoms in total. The highest BCUT2D eigenvalue weighted by atomic mass is 16.5. The fourth-order valence-electron chi connectivity index (χ4n) is 2.74. The van der Waals surface area contributed by atoms with Crippen LogP contribution in [0.5, 0.6) is 0 Å².